The topological polar surface area (TPSA) is 96.0 Å². The highest BCUT2D eigenvalue weighted by molar-refractivity contribution is 7.89. The minimum atomic E-state index is -3.19. The van der Waals surface area contributed by atoms with Crippen molar-refractivity contribution in [2.24, 2.45) is 10.9 Å². The lowest BCUT2D eigenvalue weighted by Gasteiger charge is -2.19. The first kappa shape index (κ1) is 14.2. The summed E-state index contributed by atoms with van der Waals surface area (Å²) in [6.45, 7) is 4.24. The summed E-state index contributed by atoms with van der Waals surface area (Å²) in [4.78, 5) is 0. The molecule has 0 aliphatic carbocycles. The molecule has 7 heteroatoms. The lowest BCUT2D eigenvalue weighted by molar-refractivity contribution is 0.315. The van der Waals surface area contributed by atoms with Crippen LogP contribution in [-0.2, 0) is 10.0 Å². The zero-order valence-electron chi connectivity index (χ0n) is 9.18. The van der Waals surface area contributed by atoms with Gasteiger partial charge in [0.15, 0.2) is 0 Å². The molecule has 0 amide bonds. The van der Waals surface area contributed by atoms with E-state index in [0.717, 1.165) is 0 Å². The fraction of sp³-hybridized carbons (Fsp3) is 0.875. The lowest BCUT2D eigenvalue weighted by Crippen LogP contribution is -2.35. The van der Waals surface area contributed by atoms with Gasteiger partial charge in [-0.2, -0.15) is 0 Å². The highest BCUT2D eigenvalue weighted by Crippen LogP contribution is 2.04. The number of nitrogens with zero attached hydrogens (tertiary/aromatic N) is 2. The van der Waals surface area contributed by atoms with E-state index in [1.807, 2.05) is 6.92 Å². The van der Waals surface area contributed by atoms with Gasteiger partial charge in [-0.15, -0.1) is 0 Å². The van der Waals surface area contributed by atoms with Crippen molar-refractivity contribution in [3.05, 3.63) is 0 Å². The third-order valence-corrected chi connectivity index (χ3v) is 4.11. The average Bonchev–Trinajstić information content (AvgIpc) is 2.17. The maximum absolute atomic E-state index is 11.6. The molecule has 0 aromatic heterocycles. The molecule has 90 valence electrons. The van der Waals surface area contributed by atoms with Gasteiger partial charge in [0, 0.05) is 19.5 Å². The summed E-state index contributed by atoms with van der Waals surface area (Å²) in [6, 6.07) is 0. The quantitative estimate of drug-likeness (QED) is 0.286. The van der Waals surface area contributed by atoms with E-state index in [4.69, 9.17) is 10.9 Å². The molecule has 0 aromatic carbocycles. The summed E-state index contributed by atoms with van der Waals surface area (Å²) in [6.07, 6.45) is 0.829. The molecule has 0 unspecified atom stereocenters. The summed E-state index contributed by atoms with van der Waals surface area (Å²) in [5.41, 5.74) is 5.27. The molecule has 6 nitrogen and oxygen atoms in total. The summed E-state index contributed by atoms with van der Waals surface area (Å²) in [5, 5.41) is 11.1. The van der Waals surface area contributed by atoms with Crippen LogP contribution in [-0.4, -0.2) is 42.6 Å². The fourth-order valence-electron chi connectivity index (χ4n) is 1.17. The second kappa shape index (κ2) is 6.62. The van der Waals surface area contributed by atoms with Gasteiger partial charge in [-0.1, -0.05) is 19.0 Å². The van der Waals surface area contributed by atoms with Crippen molar-refractivity contribution >= 4 is 15.9 Å². The van der Waals surface area contributed by atoms with Crippen LogP contribution in [0.15, 0.2) is 5.16 Å². The molecule has 0 bridgehead atoms. The summed E-state index contributed by atoms with van der Waals surface area (Å²) in [7, 11) is -3.19. The highest BCUT2D eigenvalue weighted by Gasteiger charge is 2.18. The molecule has 3 N–H and O–H groups in total. The smallest absolute Gasteiger partial charge is 0.214 e. The number of oxime groups is 1. The van der Waals surface area contributed by atoms with Crippen LogP contribution in [0.2, 0.25) is 0 Å². The Kier molecular flexibility index (Phi) is 6.26. The van der Waals surface area contributed by atoms with E-state index in [-0.39, 0.29) is 24.6 Å². The Labute approximate surface area is 90.8 Å². The van der Waals surface area contributed by atoms with Crippen LogP contribution in [0.3, 0.4) is 0 Å². The van der Waals surface area contributed by atoms with Crippen LogP contribution in [0.5, 0.6) is 0 Å². The van der Waals surface area contributed by atoms with Gasteiger partial charge in [0.1, 0.15) is 5.84 Å². The number of amidine groups is 1. The van der Waals surface area contributed by atoms with E-state index in [1.54, 1.807) is 6.92 Å². The van der Waals surface area contributed by atoms with Crippen LogP contribution >= 0.6 is 0 Å². The zero-order valence-corrected chi connectivity index (χ0v) is 10.00. The molecule has 0 saturated carbocycles. The van der Waals surface area contributed by atoms with Gasteiger partial charge in [-0.3, -0.25) is 0 Å². The van der Waals surface area contributed by atoms with E-state index >= 15 is 0 Å². The molecule has 0 atom stereocenters. The van der Waals surface area contributed by atoms with Crippen molar-refractivity contribution in [2.45, 2.75) is 26.7 Å². The summed E-state index contributed by atoms with van der Waals surface area (Å²) >= 11 is 0. The van der Waals surface area contributed by atoms with Gasteiger partial charge in [0.2, 0.25) is 10.0 Å². The third-order valence-electron chi connectivity index (χ3n) is 1.95. The van der Waals surface area contributed by atoms with Crippen LogP contribution in [0, 0.1) is 0 Å². The van der Waals surface area contributed by atoms with Gasteiger partial charge < -0.3 is 10.9 Å². The van der Waals surface area contributed by atoms with Crippen molar-refractivity contribution in [3.8, 4) is 0 Å². The van der Waals surface area contributed by atoms with E-state index < -0.39 is 10.0 Å². The van der Waals surface area contributed by atoms with Crippen LogP contribution < -0.4 is 5.73 Å². The van der Waals surface area contributed by atoms with E-state index in [9.17, 15) is 8.42 Å². The zero-order chi connectivity index (χ0) is 11.9. The molecule has 0 spiro atoms. The number of hydrogen-bond acceptors (Lipinski definition) is 4. The first-order valence-corrected chi connectivity index (χ1v) is 6.53. The molecule has 15 heavy (non-hydrogen) atoms. The lowest BCUT2D eigenvalue weighted by atomic mass is 10.4. The molecule has 0 fully saturated rings. The van der Waals surface area contributed by atoms with E-state index in [1.165, 1.54) is 4.31 Å². The van der Waals surface area contributed by atoms with E-state index in [2.05, 4.69) is 5.16 Å². The number of sulfonamides is 1. The minimum absolute atomic E-state index is 0.0418. The molecule has 0 radical (unpaired) electrons. The number of rotatable bonds is 7. The fourth-order valence-corrected chi connectivity index (χ4v) is 2.71. The van der Waals surface area contributed by atoms with Crippen LogP contribution in [0.4, 0.5) is 0 Å². The second-order valence-electron chi connectivity index (χ2n) is 3.15. The summed E-state index contributed by atoms with van der Waals surface area (Å²) < 4.78 is 24.6. The average molecular weight is 237 g/mol. The highest BCUT2D eigenvalue weighted by atomic mass is 32.2. The van der Waals surface area contributed by atoms with Gasteiger partial charge in [0.05, 0.1) is 5.75 Å². The Morgan fingerprint density at radius 1 is 1.47 bits per heavy atom. The molecular formula is C8H19N3O3S. The third kappa shape index (κ3) is 4.98. The second-order valence-corrected chi connectivity index (χ2v) is 5.24. The first-order chi connectivity index (χ1) is 6.97. The van der Waals surface area contributed by atoms with E-state index in [0.29, 0.717) is 13.0 Å². The molecule has 0 aliphatic heterocycles. The molecule has 0 aromatic rings. The molecular weight excluding hydrogens is 218 g/mol. The van der Waals surface area contributed by atoms with Gasteiger partial charge >= 0.3 is 0 Å². The van der Waals surface area contributed by atoms with Crippen molar-refractivity contribution in [3.63, 3.8) is 0 Å². The van der Waals surface area contributed by atoms with Crippen molar-refractivity contribution < 1.29 is 13.6 Å². The van der Waals surface area contributed by atoms with Crippen molar-refractivity contribution in [2.75, 3.05) is 18.8 Å². The van der Waals surface area contributed by atoms with Crippen LogP contribution in [0.25, 0.3) is 0 Å². The Bertz CT molecular complexity index is 300. The monoisotopic (exact) mass is 237 g/mol. The SMILES string of the molecule is CCCS(=O)(=O)N(CC)CCC(N)=NO. The van der Waals surface area contributed by atoms with Crippen LogP contribution in [0.1, 0.15) is 26.7 Å². The van der Waals surface area contributed by atoms with Crippen molar-refractivity contribution in [1.29, 1.82) is 0 Å². The Morgan fingerprint density at radius 3 is 2.47 bits per heavy atom. The molecule has 0 aliphatic rings. The van der Waals surface area contributed by atoms with Gasteiger partial charge in [-0.25, -0.2) is 12.7 Å². The van der Waals surface area contributed by atoms with Crippen molar-refractivity contribution in [1.82, 2.24) is 4.31 Å². The Hall–Kier alpha value is -0.820. The number of hydrogen-bond donors (Lipinski definition) is 2. The molecule has 0 heterocycles. The maximum atomic E-state index is 11.6. The molecule has 0 saturated heterocycles. The predicted molar refractivity (Wildman–Crippen MR) is 59.4 cm³/mol. The van der Waals surface area contributed by atoms with Gasteiger partial charge in [-0.05, 0) is 6.42 Å². The minimum Gasteiger partial charge on any atom is -0.409 e. The Balaban J connectivity index is 4.37. The largest absolute Gasteiger partial charge is 0.409 e. The maximum Gasteiger partial charge on any atom is 0.214 e. The normalized spacial score (nSPS) is 13.4. The summed E-state index contributed by atoms with van der Waals surface area (Å²) in [5.74, 6) is 0.178. The number of nitrogens with two attached hydrogens (primary N) is 1. The van der Waals surface area contributed by atoms with Gasteiger partial charge in [0.25, 0.3) is 0 Å². The predicted octanol–water partition coefficient (Wildman–Crippen LogP) is 0.185. The molecule has 0 rings (SSSR count). The first-order valence-electron chi connectivity index (χ1n) is 4.92. The Morgan fingerprint density at radius 2 is 2.07 bits per heavy atom. The standard InChI is InChI=1S/C8H19N3O3S/c1-3-7-15(13,14)11(4-2)6-5-8(9)10-12/h12H,3-7H2,1-2H3,(H2,9,10).